The molecule has 0 spiro atoms. The van der Waals surface area contributed by atoms with E-state index in [0.29, 0.717) is 11.8 Å². The van der Waals surface area contributed by atoms with E-state index < -0.39 is 0 Å². The summed E-state index contributed by atoms with van der Waals surface area (Å²) < 4.78 is 4.37. The molecule has 0 N–H and O–H groups in total. The van der Waals surface area contributed by atoms with Crippen molar-refractivity contribution >= 4 is 10.9 Å². The van der Waals surface area contributed by atoms with E-state index in [-0.39, 0.29) is 0 Å². The summed E-state index contributed by atoms with van der Waals surface area (Å²) in [6.07, 6.45) is 4.20. The quantitative estimate of drug-likeness (QED) is 0.391. The first kappa shape index (κ1) is 19.4. The first-order chi connectivity index (χ1) is 13.9. The highest BCUT2D eigenvalue weighted by Gasteiger charge is 2.20. The van der Waals surface area contributed by atoms with Crippen LogP contribution in [0.5, 0.6) is 0 Å². The van der Waals surface area contributed by atoms with Crippen LogP contribution in [-0.2, 0) is 7.05 Å². The maximum absolute atomic E-state index is 4.95. The molecule has 0 unspecified atom stereocenters. The van der Waals surface area contributed by atoms with Crippen LogP contribution in [0.25, 0.3) is 27.8 Å². The van der Waals surface area contributed by atoms with Gasteiger partial charge in [0.1, 0.15) is 5.69 Å². The van der Waals surface area contributed by atoms with Crippen molar-refractivity contribution in [2.45, 2.75) is 46.5 Å². The number of fused-ring (bicyclic) bond motifs is 1. The van der Waals surface area contributed by atoms with Gasteiger partial charge in [0.05, 0.1) is 23.5 Å². The van der Waals surface area contributed by atoms with Crippen LogP contribution in [0.4, 0.5) is 0 Å². The number of aromatic nitrogens is 3. The zero-order valence-electron chi connectivity index (χ0n) is 18.3. The molecule has 0 fully saturated rings. The van der Waals surface area contributed by atoms with Gasteiger partial charge in [-0.3, -0.25) is 4.98 Å². The highest BCUT2D eigenvalue weighted by atomic mass is 15.4. The molecule has 148 valence electrons. The van der Waals surface area contributed by atoms with Crippen molar-refractivity contribution in [1.82, 2.24) is 9.67 Å². The zero-order chi connectivity index (χ0) is 20.7. The van der Waals surface area contributed by atoms with Crippen LogP contribution < -0.4 is 4.68 Å². The van der Waals surface area contributed by atoms with Gasteiger partial charge in [0, 0.05) is 11.6 Å². The Bertz CT molecular complexity index is 1160. The van der Waals surface area contributed by atoms with Gasteiger partial charge in [0.2, 0.25) is 5.52 Å². The fourth-order valence-corrected chi connectivity index (χ4v) is 4.23. The fraction of sp³-hybridized carbons (Fsp3) is 0.308. The second kappa shape index (κ2) is 7.47. The molecule has 2 aromatic carbocycles. The molecule has 0 atom stereocenters. The molecule has 0 aliphatic rings. The molecule has 0 radical (unpaired) electrons. The maximum atomic E-state index is 4.95. The summed E-state index contributed by atoms with van der Waals surface area (Å²) in [5.41, 5.74) is 8.65. The molecule has 0 amide bonds. The van der Waals surface area contributed by atoms with Gasteiger partial charge in [-0.15, -0.1) is 9.36 Å². The van der Waals surface area contributed by atoms with E-state index in [0.717, 1.165) is 11.4 Å². The van der Waals surface area contributed by atoms with E-state index in [2.05, 4.69) is 106 Å². The topological polar surface area (TPSA) is 21.7 Å². The Hall–Kier alpha value is -2.94. The van der Waals surface area contributed by atoms with Gasteiger partial charge < -0.3 is 0 Å². The van der Waals surface area contributed by atoms with Crippen molar-refractivity contribution in [2.75, 3.05) is 0 Å². The number of rotatable bonds is 4. The van der Waals surface area contributed by atoms with Crippen LogP contribution in [0, 0.1) is 6.92 Å². The Kier molecular flexibility index (Phi) is 4.99. The Balaban J connectivity index is 1.88. The number of para-hydroxylation sites is 1. The van der Waals surface area contributed by atoms with Crippen LogP contribution in [0.15, 0.2) is 60.9 Å². The molecular weight excluding hydrogens is 354 g/mol. The van der Waals surface area contributed by atoms with E-state index in [1.165, 1.54) is 33.2 Å². The Morgan fingerprint density at radius 2 is 1.55 bits per heavy atom. The number of aryl methyl sites for hydroxylation is 2. The second-order valence-electron chi connectivity index (χ2n) is 8.53. The number of hydrogen-bond donors (Lipinski definition) is 0. The lowest BCUT2D eigenvalue weighted by atomic mass is 9.86. The lowest BCUT2D eigenvalue weighted by molar-refractivity contribution is -0.720. The number of benzene rings is 2. The standard InChI is InChI=1S/C26H30N3/c1-17(2)21-11-9-12-22(18(3)4)26(21)23-14-19(5)25(15-27-23)29-16-20-10-7-8-13-24(20)28(29)6/h7-18H,1-6H3/q+1. The molecule has 2 aromatic heterocycles. The Morgan fingerprint density at radius 3 is 2.14 bits per heavy atom. The molecule has 29 heavy (non-hydrogen) atoms. The predicted molar refractivity (Wildman–Crippen MR) is 121 cm³/mol. The smallest absolute Gasteiger partial charge is 0.238 e. The molecule has 0 saturated carbocycles. The summed E-state index contributed by atoms with van der Waals surface area (Å²) in [6, 6.07) is 17.4. The molecule has 0 saturated heterocycles. The van der Waals surface area contributed by atoms with Gasteiger partial charge in [-0.25, -0.2) is 0 Å². The molecule has 0 aliphatic carbocycles. The molecular formula is C26H30N3+. The number of pyridine rings is 1. The van der Waals surface area contributed by atoms with Gasteiger partial charge in [0.25, 0.3) is 0 Å². The van der Waals surface area contributed by atoms with Crippen molar-refractivity contribution < 1.29 is 4.68 Å². The van der Waals surface area contributed by atoms with Crippen LogP contribution in [0.2, 0.25) is 0 Å². The van der Waals surface area contributed by atoms with Crippen LogP contribution >= 0.6 is 0 Å². The first-order valence-electron chi connectivity index (χ1n) is 10.4. The van der Waals surface area contributed by atoms with Crippen molar-refractivity contribution in [3.63, 3.8) is 0 Å². The number of hydrogen-bond acceptors (Lipinski definition) is 1. The molecule has 4 rings (SSSR count). The minimum absolute atomic E-state index is 0.457. The maximum Gasteiger partial charge on any atom is 0.238 e. The minimum Gasteiger partial charge on any atom is -0.254 e. The van der Waals surface area contributed by atoms with E-state index in [4.69, 9.17) is 4.98 Å². The van der Waals surface area contributed by atoms with Gasteiger partial charge >= 0.3 is 0 Å². The van der Waals surface area contributed by atoms with Gasteiger partial charge in [0.15, 0.2) is 7.05 Å². The lowest BCUT2D eigenvalue weighted by Crippen LogP contribution is -2.38. The predicted octanol–water partition coefficient (Wildman–Crippen LogP) is 6.07. The lowest BCUT2D eigenvalue weighted by Gasteiger charge is -2.20. The van der Waals surface area contributed by atoms with Crippen LogP contribution in [-0.4, -0.2) is 9.67 Å². The third-order valence-corrected chi connectivity index (χ3v) is 5.83. The summed E-state index contributed by atoms with van der Waals surface area (Å²) in [7, 11) is 2.10. The third kappa shape index (κ3) is 3.35. The van der Waals surface area contributed by atoms with Gasteiger partial charge in [-0.1, -0.05) is 58.0 Å². The molecule has 3 nitrogen and oxygen atoms in total. The normalized spacial score (nSPS) is 11.7. The minimum atomic E-state index is 0.457. The SMILES string of the molecule is Cc1cc(-c2c(C(C)C)cccc2C(C)C)ncc1-n1cc2ccccc2[n+]1C. The van der Waals surface area contributed by atoms with E-state index in [9.17, 15) is 0 Å². The van der Waals surface area contributed by atoms with E-state index in [1.54, 1.807) is 0 Å². The second-order valence-corrected chi connectivity index (χ2v) is 8.53. The summed E-state index contributed by atoms with van der Waals surface area (Å²) in [4.78, 5) is 4.95. The van der Waals surface area contributed by atoms with Crippen LogP contribution in [0.1, 0.15) is 56.2 Å². The Morgan fingerprint density at radius 1 is 0.897 bits per heavy atom. The van der Waals surface area contributed by atoms with Gasteiger partial charge in [-0.2, -0.15) is 0 Å². The molecule has 3 heteroatoms. The summed E-state index contributed by atoms with van der Waals surface area (Å²) >= 11 is 0. The molecule has 4 aromatic rings. The first-order valence-corrected chi connectivity index (χ1v) is 10.4. The van der Waals surface area contributed by atoms with Crippen molar-refractivity contribution in [1.29, 1.82) is 0 Å². The fourth-order valence-electron chi connectivity index (χ4n) is 4.23. The summed E-state index contributed by atoms with van der Waals surface area (Å²) in [5, 5.41) is 1.23. The van der Waals surface area contributed by atoms with Crippen molar-refractivity contribution in [3.05, 3.63) is 77.6 Å². The van der Waals surface area contributed by atoms with E-state index in [1.807, 2.05) is 6.20 Å². The average molecular weight is 385 g/mol. The van der Waals surface area contributed by atoms with Crippen molar-refractivity contribution in [2.24, 2.45) is 7.05 Å². The molecule has 0 bridgehead atoms. The molecule has 2 heterocycles. The highest BCUT2D eigenvalue weighted by Crippen LogP contribution is 2.36. The average Bonchev–Trinajstić information content (AvgIpc) is 3.04. The molecule has 0 aliphatic heterocycles. The van der Waals surface area contributed by atoms with Crippen molar-refractivity contribution in [3.8, 4) is 16.9 Å². The summed E-state index contributed by atoms with van der Waals surface area (Å²) in [6.45, 7) is 11.2. The highest BCUT2D eigenvalue weighted by molar-refractivity contribution is 5.75. The Labute approximate surface area is 173 Å². The largest absolute Gasteiger partial charge is 0.254 e. The zero-order valence-corrected chi connectivity index (χ0v) is 18.3. The van der Waals surface area contributed by atoms with E-state index >= 15 is 0 Å². The van der Waals surface area contributed by atoms with Gasteiger partial charge in [-0.05, 0) is 47.6 Å². The van der Waals surface area contributed by atoms with Crippen LogP contribution in [0.3, 0.4) is 0 Å². The third-order valence-electron chi connectivity index (χ3n) is 5.83. The monoisotopic (exact) mass is 384 g/mol. The summed E-state index contributed by atoms with van der Waals surface area (Å²) in [5.74, 6) is 0.913. The number of nitrogens with zero attached hydrogens (tertiary/aromatic N) is 3.